The van der Waals surface area contributed by atoms with Crippen LogP contribution in [0.15, 0.2) is 42.5 Å². The second kappa shape index (κ2) is 5.22. The monoisotopic (exact) mass is 255 g/mol. The van der Waals surface area contributed by atoms with Gasteiger partial charge in [-0.3, -0.25) is 0 Å². The molecule has 0 amide bonds. The molecule has 0 fully saturated rings. The van der Waals surface area contributed by atoms with Crippen LogP contribution in [-0.2, 0) is 6.54 Å². The van der Waals surface area contributed by atoms with Crippen LogP contribution in [0.2, 0.25) is 0 Å². The molecule has 3 nitrogen and oxygen atoms in total. The summed E-state index contributed by atoms with van der Waals surface area (Å²) in [5.74, 6) is 1.71. The van der Waals surface area contributed by atoms with Crippen LogP contribution >= 0.6 is 0 Å². The van der Waals surface area contributed by atoms with Gasteiger partial charge in [-0.2, -0.15) is 0 Å². The number of fused-ring (bicyclic) bond motifs is 1. The van der Waals surface area contributed by atoms with Gasteiger partial charge in [-0.1, -0.05) is 24.3 Å². The first-order valence-electron chi connectivity index (χ1n) is 6.51. The Morgan fingerprint density at radius 3 is 2.79 bits per heavy atom. The molecule has 1 aliphatic heterocycles. The van der Waals surface area contributed by atoms with E-state index < -0.39 is 0 Å². The third kappa shape index (κ3) is 2.65. The van der Waals surface area contributed by atoms with Crippen molar-refractivity contribution in [2.75, 3.05) is 18.5 Å². The quantitative estimate of drug-likeness (QED) is 0.912. The lowest BCUT2D eigenvalue weighted by Gasteiger charge is -2.21. The van der Waals surface area contributed by atoms with Crippen LogP contribution in [0.25, 0.3) is 0 Å². The average Bonchev–Trinajstić information content (AvgIpc) is 2.45. The Morgan fingerprint density at radius 1 is 1.05 bits per heavy atom. The molecule has 0 bridgehead atoms. The van der Waals surface area contributed by atoms with Crippen LogP contribution in [0.5, 0.6) is 11.5 Å². The van der Waals surface area contributed by atoms with Crippen molar-refractivity contribution in [3.8, 4) is 11.5 Å². The molecular formula is C16H17NO2. The number of ether oxygens (including phenoxy) is 2. The van der Waals surface area contributed by atoms with Gasteiger partial charge >= 0.3 is 0 Å². The molecule has 0 radical (unpaired) electrons. The van der Waals surface area contributed by atoms with Gasteiger partial charge in [0.2, 0.25) is 0 Å². The zero-order valence-electron chi connectivity index (χ0n) is 11.0. The largest absolute Gasteiger partial charge is 0.486 e. The maximum atomic E-state index is 5.70. The fourth-order valence-corrected chi connectivity index (χ4v) is 2.23. The van der Waals surface area contributed by atoms with Gasteiger partial charge in [-0.05, 0) is 30.7 Å². The Labute approximate surface area is 113 Å². The van der Waals surface area contributed by atoms with Crippen molar-refractivity contribution in [3.63, 3.8) is 0 Å². The summed E-state index contributed by atoms with van der Waals surface area (Å²) in [7, 11) is 0. The molecule has 0 saturated carbocycles. The first-order chi connectivity index (χ1) is 9.33. The topological polar surface area (TPSA) is 30.5 Å². The zero-order valence-corrected chi connectivity index (χ0v) is 11.0. The van der Waals surface area contributed by atoms with E-state index in [1.165, 1.54) is 5.56 Å². The molecule has 3 rings (SSSR count). The second-order valence-electron chi connectivity index (χ2n) is 4.66. The maximum absolute atomic E-state index is 5.70. The summed E-state index contributed by atoms with van der Waals surface area (Å²) in [5, 5.41) is 3.42. The highest BCUT2D eigenvalue weighted by Crippen LogP contribution is 2.33. The first-order valence-corrected chi connectivity index (χ1v) is 6.51. The summed E-state index contributed by atoms with van der Waals surface area (Å²) in [5.41, 5.74) is 3.49. The summed E-state index contributed by atoms with van der Waals surface area (Å²) >= 11 is 0. The summed E-state index contributed by atoms with van der Waals surface area (Å²) < 4.78 is 11.3. The second-order valence-corrected chi connectivity index (χ2v) is 4.66. The van der Waals surface area contributed by atoms with Crippen LogP contribution < -0.4 is 14.8 Å². The summed E-state index contributed by atoms with van der Waals surface area (Å²) in [6.07, 6.45) is 0. The van der Waals surface area contributed by atoms with Crippen molar-refractivity contribution in [2.45, 2.75) is 13.5 Å². The van der Waals surface area contributed by atoms with Crippen molar-refractivity contribution in [3.05, 3.63) is 53.6 Å². The Balaban J connectivity index is 1.77. The van der Waals surface area contributed by atoms with Gasteiger partial charge in [0.25, 0.3) is 0 Å². The Kier molecular flexibility index (Phi) is 3.27. The average molecular weight is 255 g/mol. The molecule has 98 valence electrons. The molecule has 0 atom stereocenters. The summed E-state index contributed by atoms with van der Waals surface area (Å²) in [4.78, 5) is 0. The van der Waals surface area contributed by atoms with E-state index in [9.17, 15) is 0 Å². The smallest absolute Gasteiger partial charge is 0.166 e. The molecule has 1 N–H and O–H groups in total. The first kappa shape index (κ1) is 11.9. The van der Waals surface area contributed by atoms with Crippen LogP contribution in [0.4, 0.5) is 5.69 Å². The van der Waals surface area contributed by atoms with E-state index in [1.54, 1.807) is 0 Å². The number of hydrogen-bond acceptors (Lipinski definition) is 3. The standard InChI is InChI=1S/C16H17NO2/c1-12-4-2-6-14(10-12)17-11-13-5-3-7-15-16(13)19-9-8-18-15/h2-7,10,17H,8-9,11H2,1H3. The summed E-state index contributed by atoms with van der Waals surface area (Å²) in [6, 6.07) is 14.4. The Bertz CT molecular complexity index is 581. The highest BCUT2D eigenvalue weighted by Gasteiger charge is 2.14. The van der Waals surface area contributed by atoms with E-state index in [0.29, 0.717) is 13.2 Å². The molecule has 0 saturated heterocycles. The van der Waals surface area contributed by atoms with E-state index >= 15 is 0 Å². The Hall–Kier alpha value is -2.16. The van der Waals surface area contributed by atoms with Crippen LogP contribution in [0.3, 0.4) is 0 Å². The van der Waals surface area contributed by atoms with Gasteiger partial charge in [0.15, 0.2) is 11.5 Å². The van der Waals surface area contributed by atoms with Gasteiger partial charge in [-0.15, -0.1) is 0 Å². The van der Waals surface area contributed by atoms with E-state index in [-0.39, 0.29) is 0 Å². The van der Waals surface area contributed by atoms with Gasteiger partial charge in [-0.25, -0.2) is 0 Å². The van der Waals surface area contributed by atoms with Gasteiger partial charge in [0.1, 0.15) is 13.2 Å². The maximum Gasteiger partial charge on any atom is 0.166 e. The van der Waals surface area contributed by atoms with Gasteiger partial charge in [0.05, 0.1) is 0 Å². The van der Waals surface area contributed by atoms with Crippen molar-refractivity contribution in [1.29, 1.82) is 0 Å². The van der Waals surface area contributed by atoms with Crippen LogP contribution in [0.1, 0.15) is 11.1 Å². The zero-order chi connectivity index (χ0) is 13.1. The predicted octanol–water partition coefficient (Wildman–Crippen LogP) is 3.38. The van der Waals surface area contributed by atoms with Crippen LogP contribution in [0, 0.1) is 6.92 Å². The van der Waals surface area contributed by atoms with Gasteiger partial charge in [0, 0.05) is 17.8 Å². The summed E-state index contributed by atoms with van der Waals surface area (Å²) in [6.45, 7) is 4.07. The number of nitrogens with one attached hydrogen (secondary N) is 1. The predicted molar refractivity (Wildman–Crippen MR) is 75.9 cm³/mol. The minimum atomic E-state index is 0.620. The van der Waals surface area contributed by atoms with E-state index in [2.05, 4.69) is 42.6 Å². The van der Waals surface area contributed by atoms with Crippen molar-refractivity contribution >= 4 is 5.69 Å². The third-order valence-corrected chi connectivity index (χ3v) is 3.15. The lowest BCUT2D eigenvalue weighted by Crippen LogP contribution is -2.17. The molecule has 19 heavy (non-hydrogen) atoms. The number of benzene rings is 2. The van der Waals surface area contributed by atoms with E-state index in [4.69, 9.17) is 9.47 Å². The molecule has 0 aliphatic carbocycles. The normalized spacial score (nSPS) is 13.1. The van der Waals surface area contributed by atoms with Crippen molar-refractivity contribution < 1.29 is 9.47 Å². The minimum absolute atomic E-state index is 0.620. The third-order valence-electron chi connectivity index (χ3n) is 3.15. The molecule has 0 aromatic heterocycles. The fourth-order valence-electron chi connectivity index (χ4n) is 2.23. The fraction of sp³-hybridized carbons (Fsp3) is 0.250. The molecule has 0 spiro atoms. The van der Waals surface area contributed by atoms with Gasteiger partial charge < -0.3 is 14.8 Å². The molecule has 0 unspecified atom stereocenters. The van der Waals surface area contributed by atoms with Crippen molar-refractivity contribution in [1.82, 2.24) is 0 Å². The van der Waals surface area contributed by atoms with E-state index in [1.807, 2.05) is 12.1 Å². The van der Waals surface area contributed by atoms with Crippen molar-refractivity contribution in [2.24, 2.45) is 0 Å². The molecule has 2 aromatic rings. The van der Waals surface area contributed by atoms with E-state index in [0.717, 1.165) is 29.3 Å². The Morgan fingerprint density at radius 2 is 1.89 bits per heavy atom. The number of hydrogen-bond donors (Lipinski definition) is 1. The molecule has 2 aromatic carbocycles. The highest BCUT2D eigenvalue weighted by atomic mass is 16.6. The molecule has 1 heterocycles. The highest BCUT2D eigenvalue weighted by molar-refractivity contribution is 5.51. The molecular weight excluding hydrogens is 238 g/mol. The SMILES string of the molecule is Cc1cccc(NCc2cccc3c2OCCO3)c1. The number of anilines is 1. The van der Waals surface area contributed by atoms with Crippen LogP contribution in [-0.4, -0.2) is 13.2 Å². The molecule has 1 aliphatic rings. The lowest BCUT2D eigenvalue weighted by atomic mass is 10.1. The number of aryl methyl sites for hydroxylation is 1. The number of rotatable bonds is 3. The molecule has 3 heteroatoms. The lowest BCUT2D eigenvalue weighted by molar-refractivity contribution is 0.170. The number of para-hydroxylation sites is 1. The minimum Gasteiger partial charge on any atom is -0.486 e.